The summed E-state index contributed by atoms with van der Waals surface area (Å²) in [4.78, 5) is 2.60. The van der Waals surface area contributed by atoms with Crippen LogP contribution in [-0.4, -0.2) is 32.1 Å². The van der Waals surface area contributed by atoms with Crippen molar-refractivity contribution in [1.82, 2.24) is 0 Å². The molecule has 1 atom stereocenters. The van der Waals surface area contributed by atoms with Crippen LogP contribution in [0.1, 0.15) is 25.3 Å². The first-order valence-corrected chi connectivity index (χ1v) is 8.37. The normalized spacial score (nSPS) is 25.3. The lowest BCUT2D eigenvalue weighted by Gasteiger charge is -2.44. The molecule has 1 unspecified atom stereocenters. The third-order valence-electron chi connectivity index (χ3n) is 4.85. The number of rotatable bonds is 3. The van der Waals surface area contributed by atoms with Crippen molar-refractivity contribution in [2.45, 2.75) is 26.2 Å². The Kier molecular flexibility index (Phi) is 4.27. The smallest absolute Gasteiger partial charge is 0.0472 e. The van der Waals surface area contributed by atoms with E-state index in [1.54, 1.807) is 0 Å². The first-order chi connectivity index (χ1) is 9.72. The highest BCUT2D eigenvalue weighted by atomic mass is 32.1. The predicted molar refractivity (Wildman–Crippen MR) is 87.9 cm³/mol. The molecular formula is C17H25NOS. The second-order valence-electron chi connectivity index (χ2n) is 6.59. The van der Waals surface area contributed by atoms with Gasteiger partial charge in [0.2, 0.25) is 0 Å². The van der Waals surface area contributed by atoms with Crippen LogP contribution in [0.2, 0.25) is 0 Å². The average Bonchev–Trinajstić information content (AvgIpc) is 2.48. The number of fused-ring (bicyclic) bond motifs is 1. The number of benzene rings is 1. The minimum Gasteiger partial charge on any atom is -0.381 e. The van der Waals surface area contributed by atoms with Gasteiger partial charge in [0.25, 0.3) is 0 Å². The summed E-state index contributed by atoms with van der Waals surface area (Å²) in [5.41, 5.74) is 3.27. The zero-order valence-electron chi connectivity index (χ0n) is 12.3. The van der Waals surface area contributed by atoms with Gasteiger partial charge >= 0.3 is 0 Å². The second-order valence-corrected chi connectivity index (χ2v) is 6.91. The van der Waals surface area contributed by atoms with Gasteiger partial charge in [-0.3, -0.25) is 0 Å². The molecule has 0 radical (unpaired) electrons. The molecule has 0 aliphatic carbocycles. The lowest BCUT2D eigenvalue weighted by atomic mass is 9.80. The monoisotopic (exact) mass is 291 g/mol. The van der Waals surface area contributed by atoms with Crippen LogP contribution < -0.4 is 4.90 Å². The lowest BCUT2D eigenvalue weighted by Crippen LogP contribution is -2.46. The van der Waals surface area contributed by atoms with Crippen molar-refractivity contribution in [1.29, 1.82) is 0 Å². The van der Waals surface area contributed by atoms with Crippen LogP contribution in [0.15, 0.2) is 24.3 Å². The molecule has 0 amide bonds. The Bertz CT molecular complexity index is 456. The lowest BCUT2D eigenvalue weighted by molar-refractivity contribution is 0.0292. The van der Waals surface area contributed by atoms with Gasteiger partial charge in [-0.1, -0.05) is 25.1 Å². The van der Waals surface area contributed by atoms with Crippen molar-refractivity contribution in [3.05, 3.63) is 29.8 Å². The summed E-state index contributed by atoms with van der Waals surface area (Å²) in [5.74, 6) is 1.70. The topological polar surface area (TPSA) is 12.5 Å². The fourth-order valence-electron chi connectivity index (χ4n) is 3.63. The molecule has 0 bridgehead atoms. The molecule has 1 aromatic carbocycles. The molecule has 3 rings (SSSR count). The third kappa shape index (κ3) is 2.84. The van der Waals surface area contributed by atoms with Crippen molar-refractivity contribution in [3.63, 3.8) is 0 Å². The number of thiol groups is 1. The molecule has 1 fully saturated rings. The molecular weight excluding hydrogens is 266 g/mol. The van der Waals surface area contributed by atoms with Crippen LogP contribution in [0, 0.1) is 11.3 Å². The predicted octanol–water partition coefficient (Wildman–Crippen LogP) is 3.41. The molecule has 2 heterocycles. The highest BCUT2D eigenvalue weighted by Gasteiger charge is 2.35. The SMILES string of the molecule is CC1Cc2ccccc2N(CC2(CS)CCOCC2)C1. The maximum absolute atomic E-state index is 5.55. The standard InChI is InChI=1S/C17H25NOS/c1-14-10-15-4-2-3-5-16(15)18(11-14)12-17(13-20)6-8-19-9-7-17/h2-5,14,20H,6-13H2,1H3. The van der Waals surface area contributed by atoms with E-state index in [0.29, 0.717) is 5.41 Å². The number of para-hydroxylation sites is 1. The molecule has 0 N–H and O–H groups in total. The summed E-state index contributed by atoms with van der Waals surface area (Å²) in [6.07, 6.45) is 3.50. The highest BCUT2D eigenvalue weighted by molar-refractivity contribution is 7.80. The Morgan fingerprint density at radius 1 is 1.30 bits per heavy atom. The van der Waals surface area contributed by atoms with Crippen LogP contribution in [0.25, 0.3) is 0 Å². The molecule has 110 valence electrons. The van der Waals surface area contributed by atoms with Gasteiger partial charge in [0.15, 0.2) is 0 Å². The Hall–Kier alpha value is -0.670. The van der Waals surface area contributed by atoms with E-state index in [1.165, 1.54) is 24.2 Å². The molecule has 20 heavy (non-hydrogen) atoms. The molecule has 0 spiro atoms. The summed E-state index contributed by atoms with van der Waals surface area (Å²) in [7, 11) is 0. The van der Waals surface area contributed by atoms with E-state index in [1.807, 2.05) is 0 Å². The molecule has 1 saturated heterocycles. The fraction of sp³-hybridized carbons (Fsp3) is 0.647. The van der Waals surface area contributed by atoms with Crippen molar-refractivity contribution >= 4 is 18.3 Å². The average molecular weight is 291 g/mol. The largest absolute Gasteiger partial charge is 0.381 e. The van der Waals surface area contributed by atoms with Crippen LogP contribution in [0.4, 0.5) is 5.69 Å². The van der Waals surface area contributed by atoms with Gasteiger partial charge in [0, 0.05) is 37.4 Å². The number of ether oxygens (including phenoxy) is 1. The molecule has 3 heteroatoms. The van der Waals surface area contributed by atoms with Gasteiger partial charge in [-0.05, 0) is 42.6 Å². The minimum atomic E-state index is 0.325. The van der Waals surface area contributed by atoms with Gasteiger partial charge in [-0.25, -0.2) is 0 Å². The highest BCUT2D eigenvalue weighted by Crippen LogP contribution is 2.37. The second kappa shape index (κ2) is 5.98. The van der Waals surface area contributed by atoms with Crippen molar-refractivity contribution in [2.75, 3.05) is 37.0 Å². The zero-order valence-corrected chi connectivity index (χ0v) is 13.2. The molecule has 0 saturated carbocycles. The molecule has 1 aromatic rings. The third-order valence-corrected chi connectivity index (χ3v) is 5.52. The minimum absolute atomic E-state index is 0.325. The molecule has 0 aromatic heterocycles. The van der Waals surface area contributed by atoms with E-state index in [2.05, 4.69) is 48.7 Å². The van der Waals surface area contributed by atoms with Crippen LogP contribution in [0.3, 0.4) is 0 Å². The Balaban J connectivity index is 1.83. The van der Waals surface area contributed by atoms with Crippen molar-refractivity contribution < 1.29 is 4.74 Å². The number of hydrogen-bond acceptors (Lipinski definition) is 3. The van der Waals surface area contributed by atoms with E-state index in [4.69, 9.17) is 4.74 Å². The van der Waals surface area contributed by atoms with E-state index in [0.717, 1.165) is 44.3 Å². The summed E-state index contributed by atoms with van der Waals surface area (Å²) in [6, 6.07) is 8.90. The van der Waals surface area contributed by atoms with Crippen LogP contribution >= 0.6 is 12.6 Å². The summed E-state index contributed by atoms with van der Waals surface area (Å²) < 4.78 is 5.55. The van der Waals surface area contributed by atoms with Gasteiger partial charge in [0.1, 0.15) is 0 Å². The van der Waals surface area contributed by atoms with E-state index >= 15 is 0 Å². The number of hydrogen-bond donors (Lipinski definition) is 1. The maximum atomic E-state index is 5.55. The Morgan fingerprint density at radius 3 is 2.80 bits per heavy atom. The van der Waals surface area contributed by atoms with Gasteiger partial charge in [-0.2, -0.15) is 12.6 Å². The number of anilines is 1. The molecule has 2 aliphatic heterocycles. The molecule has 2 aliphatic rings. The molecule has 2 nitrogen and oxygen atoms in total. The summed E-state index contributed by atoms with van der Waals surface area (Å²) >= 11 is 4.66. The summed E-state index contributed by atoms with van der Waals surface area (Å²) in [5, 5.41) is 0. The Morgan fingerprint density at radius 2 is 2.05 bits per heavy atom. The van der Waals surface area contributed by atoms with Crippen LogP contribution in [-0.2, 0) is 11.2 Å². The first kappa shape index (κ1) is 14.3. The summed E-state index contributed by atoms with van der Waals surface area (Å²) in [6.45, 7) is 6.45. The van der Waals surface area contributed by atoms with E-state index in [9.17, 15) is 0 Å². The number of nitrogens with zero attached hydrogens (tertiary/aromatic N) is 1. The van der Waals surface area contributed by atoms with E-state index in [-0.39, 0.29) is 0 Å². The van der Waals surface area contributed by atoms with Crippen LogP contribution in [0.5, 0.6) is 0 Å². The quantitative estimate of drug-likeness (QED) is 0.857. The van der Waals surface area contributed by atoms with Gasteiger partial charge in [0.05, 0.1) is 0 Å². The van der Waals surface area contributed by atoms with E-state index < -0.39 is 0 Å². The van der Waals surface area contributed by atoms with Gasteiger partial charge in [-0.15, -0.1) is 0 Å². The fourth-order valence-corrected chi connectivity index (χ4v) is 4.05. The first-order valence-electron chi connectivity index (χ1n) is 7.74. The van der Waals surface area contributed by atoms with Crippen molar-refractivity contribution in [3.8, 4) is 0 Å². The zero-order chi connectivity index (χ0) is 14.0. The van der Waals surface area contributed by atoms with Gasteiger partial charge < -0.3 is 9.64 Å². The maximum Gasteiger partial charge on any atom is 0.0472 e. The Labute approximate surface area is 127 Å². The van der Waals surface area contributed by atoms with Crippen molar-refractivity contribution in [2.24, 2.45) is 11.3 Å².